The number of ether oxygens (including phenoxy) is 1. The van der Waals surface area contributed by atoms with Crippen molar-refractivity contribution in [2.24, 2.45) is 10.7 Å². The highest BCUT2D eigenvalue weighted by atomic mass is 19.3. The highest BCUT2D eigenvalue weighted by molar-refractivity contribution is 6.03. The third kappa shape index (κ3) is 3.22. The number of hydrogen-bond donors (Lipinski definition) is 2. The smallest absolute Gasteiger partial charge is 0.315 e. The molecule has 1 amide bonds. The van der Waals surface area contributed by atoms with Crippen LogP contribution in [0.2, 0.25) is 0 Å². The minimum Gasteiger partial charge on any atom is -0.448 e. The number of alkyl halides is 2. The van der Waals surface area contributed by atoms with E-state index in [-0.39, 0.29) is 11.4 Å². The number of nitrogens with one attached hydrogen (secondary N) is 1. The van der Waals surface area contributed by atoms with Crippen LogP contribution < -0.4 is 11.1 Å². The second kappa shape index (κ2) is 6.78. The van der Waals surface area contributed by atoms with Crippen LogP contribution in [0.25, 0.3) is 0 Å². The van der Waals surface area contributed by atoms with Gasteiger partial charge in [-0.05, 0) is 39.0 Å². The van der Waals surface area contributed by atoms with Crippen molar-refractivity contribution >= 4 is 17.6 Å². The van der Waals surface area contributed by atoms with Crippen molar-refractivity contribution in [3.8, 4) is 0 Å². The first-order valence-electron chi connectivity index (χ1n) is 8.89. The quantitative estimate of drug-likeness (QED) is 0.802. The number of rotatable bonds is 4. The van der Waals surface area contributed by atoms with Gasteiger partial charge in [0.05, 0.1) is 0 Å². The molecule has 29 heavy (non-hydrogen) atoms. The third-order valence-electron chi connectivity index (χ3n) is 4.98. The Hall–Kier alpha value is -3.04. The molecular formula is C19H21F3N4O3. The number of aryl methyl sites for hydroxylation is 1. The molecule has 1 aliphatic heterocycles. The Morgan fingerprint density at radius 3 is 2.62 bits per heavy atom. The van der Waals surface area contributed by atoms with Crippen LogP contribution in [-0.2, 0) is 16.8 Å². The van der Waals surface area contributed by atoms with Crippen molar-refractivity contribution in [2.45, 2.75) is 51.2 Å². The van der Waals surface area contributed by atoms with Gasteiger partial charge >= 0.3 is 5.92 Å². The summed E-state index contributed by atoms with van der Waals surface area (Å²) in [5, 5.41) is 2.51. The summed E-state index contributed by atoms with van der Waals surface area (Å²) in [6, 6.07) is 2.82. The lowest BCUT2D eigenvalue weighted by molar-refractivity contribution is -0.215. The standard InChI is InChI=1S/C19H21F3N4O3/c1-5-13-14(24-9-28-13)15(27)25-10-6-7-12(20)11(8-10)18(4)19(21,22)17(2,3)26-16(23)29-18/h6-9H,5H2,1-4H3,(H2,23,26)(H,25,27)/t18-/m1/s1. The molecule has 10 heteroatoms. The number of oxazole rings is 1. The Bertz CT molecular complexity index is 987. The van der Waals surface area contributed by atoms with Crippen LogP contribution >= 0.6 is 0 Å². The van der Waals surface area contributed by atoms with Crippen LogP contribution in [0.5, 0.6) is 0 Å². The number of amides is 1. The number of anilines is 1. The highest BCUT2D eigenvalue weighted by Crippen LogP contribution is 2.51. The summed E-state index contributed by atoms with van der Waals surface area (Å²) >= 11 is 0. The number of aliphatic imine (C=N–C) groups is 1. The molecule has 1 aromatic carbocycles. The summed E-state index contributed by atoms with van der Waals surface area (Å²) in [4.78, 5) is 19.9. The fourth-order valence-electron chi connectivity index (χ4n) is 3.32. The van der Waals surface area contributed by atoms with E-state index in [2.05, 4.69) is 15.3 Å². The average Bonchev–Trinajstić information content (AvgIpc) is 3.10. The van der Waals surface area contributed by atoms with Crippen molar-refractivity contribution in [3.63, 3.8) is 0 Å². The van der Waals surface area contributed by atoms with Gasteiger partial charge in [-0.2, -0.15) is 8.78 Å². The van der Waals surface area contributed by atoms with Gasteiger partial charge < -0.3 is 20.2 Å². The van der Waals surface area contributed by atoms with Gasteiger partial charge in [-0.3, -0.25) is 4.79 Å². The van der Waals surface area contributed by atoms with Crippen molar-refractivity contribution in [3.05, 3.63) is 47.4 Å². The summed E-state index contributed by atoms with van der Waals surface area (Å²) in [7, 11) is 0. The second-order valence-electron chi connectivity index (χ2n) is 7.35. The number of nitrogens with two attached hydrogens (primary N) is 1. The van der Waals surface area contributed by atoms with Gasteiger partial charge in [0, 0.05) is 17.7 Å². The summed E-state index contributed by atoms with van der Waals surface area (Å²) in [5.41, 5.74) is 0.872. The lowest BCUT2D eigenvalue weighted by atomic mass is 9.78. The van der Waals surface area contributed by atoms with Crippen LogP contribution in [0.4, 0.5) is 18.9 Å². The van der Waals surface area contributed by atoms with Gasteiger partial charge in [-0.25, -0.2) is 14.4 Å². The van der Waals surface area contributed by atoms with E-state index in [1.807, 2.05) is 0 Å². The third-order valence-corrected chi connectivity index (χ3v) is 4.98. The van der Waals surface area contributed by atoms with Gasteiger partial charge in [0.1, 0.15) is 17.1 Å². The molecule has 0 saturated heterocycles. The van der Waals surface area contributed by atoms with Crippen LogP contribution in [0.3, 0.4) is 0 Å². The van der Waals surface area contributed by atoms with E-state index in [4.69, 9.17) is 14.9 Å². The molecule has 0 unspecified atom stereocenters. The fraction of sp³-hybridized carbons (Fsp3) is 0.421. The van der Waals surface area contributed by atoms with Crippen LogP contribution in [0, 0.1) is 5.82 Å². The zero-order valence-corrected chi connectivity index (χ0v) is 16.3. The Kier molecular flexibility index (Phi) is 4.84. The van der Waals surface area contributed by atoms with E-state index in [0.717, 1.165) is 25.5 Å². The molecule has 3 rings (SSSR count). The minimum atomic E-state index is -3.62. The van der Waals surface area contributed by atoms with Gasteiger partial charge in [0.2, 0.25) is 5.60 Å². The van der Waals surface area contributed by atoms with Gasteiger partial charge in [-0.15, -0.1) is 0 Å². The normalized spacial score (nSPS) is 22.5. The number of aromatic nitrogens is 1. The molecule has 0 saturated carbocycles. The van der Waals surface area contributed by atoms with Crippen molar-refractivity contribution in [2.75, 3.05) is 5.32 Å². The molecule has 0 radical (unpaired) electrons. The molecule has 156 valence electrons. The molecule has 0 fully saturated rings. The number of carbonyl (C=O) groups is 1. The van der Waals surface area contributed by atoms with E-state index in [9.17, 15) is 9.18 Å². The second-order valence-corrected chi connectivity index (χ2v) is 7.35. The Morgan fingerprint density at radius 1 is 1.28 bits per heavy atom. The fourth-order valence-corrected chi connectivity index (χ4v) is 3.32. The molecule has 1 atom stereocenters. The number of hydrogen-bond acceptors (Lipinski definition) is 6. The molecule has 1 aliphatic rings. The van der Waals surface area contributed by atoms with Gasteiger partial charge in [0.25, 0.3) is 11.9 Å². The van der Waals surface area contributed by atoms with Crippen molar-refractivity contribution < 1.29 is 27.1 Å². The van der Waals surface area contributed by atoms with E-state index in [0.29, 0.717) is 12.2 Å². The SMILES string of the molecule is CCc1ocnc1C(=O)Nc1ccc(F)c([C@@]2(C)OC(N)=NC(C)(C)C2(F)F)c1. The molecule has 0 aliphatic carbocycles. The maximum Gasteiger partial charge on any atom is 0.315 e. The summed E-state index contributed by atoms with van der Waals surface area (Å²) in [5.74, 6) is -4.81. The molecule has 2 aromatic rings. The van der Waals surface area contributed by atoms with Crippen molar-refractivity contribution in [1.29, 1.82) is 0 Å². The number of carbonyl (C=O) groups excluding carboxylic acids is 1. The Labute approximate surface area is 165 Å². The van der Waals surface area contributed by atoms with Crippen LogP contribution in [0.1, 0.15) is 49.5 Å². The summed E-state index contributed by atoms with van der Waals surface area (Å²) < 4.78 is 55.3. The maximum absolute atomic E-state index is 15.2. The summed E-state index contributed by atoms with van der Waals surface area (Å²) in [6.45, 7) is 5.18. The largest absolute Gasteiger partial charge is 0.448 e. The number of benzene rings is 1. The average molecular weight is 410 g/mol. The molecule has 3 N–H and O–H groups in total. The first-order chi connectivity index (χ1) is 13.4. The van der Waals surface area contributed by atoms with E-state index >= 15 is 8.78 Å². The van der Waals surface area contributed by atoms with E-state index < -0.39 is 40.4 Å². The first kappa shape index (κ1) is 20.7. The molecule has 2 heterocycles. The molecule has 0 spiro atoms. The van der Waals surface area contributed by atoms with Crippen LogP contribution in [-0.4, -0.2) is 28.4 Å². The predicted octanol–water partition coefficient (Wildman–Crippen LogP) is 3.60. The number of nitrogens with zero attached hydrogens (tertiary/aromatic N) is 2. The summed E-state index contributed by atoms with van der Waals surface area (Å²) in [6.07, 6.45) is 1.56. The number of amidine groups is 1. The zero-order chi connectivity index (χ0) is 21.6. The van der Waals surface area contributed by atoms with Crippen molar-refractivity contribution in [1.82, 2.24) is 4.98 Å². The topological polar surface area (TPSA) is 103 Å². The van der Waals surface area contributed by atoms with E-state index in [1.165, 1.54) is 19.9 Å². The predicted molar refractivity (Wildman–Crippen MR) is 99.3 cm³/mol. The monoisotopic (exact) mass is 410 g/mol. The Balaban J connectivity index is 2.01. The van der Waals surface area contributed by atoms with Crippen LogP contribution in [0.15, 0.2) is 34.0 Å². The van der Waals surface area contributed by atoms with Gasteiger partial charge in [0.15, 0.2) is 12.1 Å². The molecule has 7 nitrogen and oxygen atoms in total. The lowest BCUT2D eigenvalue weighted by Gasteiger charge is -2.47. The van der Waals surface area contributed by atoms with Gasteiger partial charge in [-0.1, -0.05) is 6.92 Å². The van der Waals surface area contributed by atoms with E-state index in [1.54, 1.807) is 6.92 Å². The number of halogens is 3. The minimum absolute atomic E-state index is 0.0568. The maximum atomic E-state index is 15.2. The first-order valence-corrected chi connectivity index (χ1v) is 8.89. The Morgan fingerprint density at radius 2 is 1.97 bits per heavy atom. The zero-order valence-electron chi connectivity index (χ0n) is 16.3. The molecular weight excluding hydrogens is 389 g/mol. The lowest BCUT2D eigenvalue weighted by Crippen LogP contribution is -2.62. The molecule has 0 bridgehead atoms. The molecule has 1 aromatic heterocycles. The highest BCUT2D eigenvalue weighted by Gasteiger charge is 2.66.